The van der Waals surface area contributed by atoms with Crippen LogP contribution in [0.4, 0.5) is 0 Å². The lowest BCUT2D eigenvalue weighted by atomic mass is 10.2. The van der Waals surface area contributed by atoms with E-state index in [4.69, 9.17) is 9.52 Å². The average Bonchev–Trinajstić information content (AvgIpc) is 2.59. The monoisotopic (exact) mass is 242 g/mol. The summed E-state index contributed by atoms with van der Waals surface area (Å²) >= 11 is 1.79. The summed E-state index contributed by atoms with van der Waals surface area (Å²) in [5, 5.41) is 8.83. The van der Waals surface area contributed by atoms with Gasteiger partial charge in [-0.05, 0) is 24.7 Å². The fraction of sp³-hybridized carbons (Fsp3) is 0.583. The predicted molar refractivity (Wildman–Crippen MR) is 66.0 cm³/mol. The van der Waals surface area contributed by atoms with Crippen LogP contribution in [-0.4, -0.2) is 16.8 Å². The first-order chi connectivity index (χ1) is 7.54. The van der Waals surface area contributed by atoms with E-state index in [2.05, 4.69) is 13.8 Å². The molecule has 0 aromatic carbocycles. The van der Waals surface area contributed by atoms with E-state index in [1.807, 2.05) is 6.07 Å². The lowest BCUT2D eigenvalue weighted by Gasteiger charge is -2.05. The highest BCUT2D eigenvalue weighted by Crippen LogP contribution is 2.21. The number of aryl methyl sites for hydroxylation is 1. The minimum atomic E-state index is -0.990. The van der Waals surface area contributed by atoms with E-state index in [0.29, 0.717) is 11.5 Å². The maximum Gasteiger partial charge on any atom is 0.372 e. The molecule has 0 aliphatic rings. The average molecular weight is 242 g/mol. The Kier molecular flexibility index (Phi) is 4.93. The summed E-state index contributed by atoms with van der Waals surface area (Å²) in [4.78, 5) is 10.8. The number of rotatable bonds is 6. The molecule has 1 rings (SSSR count). The second-order valence-electron chi connectivity index (χ2n) is 4.06. The summed E-state index contributed by atoms with van der Waals surface area (Å²) in [7, 11) is 0. The minimum absolute atomic E-state index is 0.0686. The fourth-order valence-corrected chi connectivity index (χ4v) is 2.41. The van der Waals surface area contributed by atoms with Gasteiger partial charge in [0.15, 0.2) is 0 Å². The van der Waals surface area contributed by atoms with Crippen molar-refractivity contribution in [3.05, 3.63) is 23.2 Å². The third-order valence-electron chi connectivity index (χ3n) is 2.51. The van der Waals surface area contributed by atoms with Crippen molar-refractivity contribution in [2.75, 3.05) is 5.75 Å². The van der Waals surface area contributed by atoms with E-state index in [0.717, 1.165) is 17.3 Å². The molecule has 1 unspecified atom stereocenters. The predicted octanol–water partition coefficient (Wildman–Crippen LogP) is 3.57. The summed E-state index contributed by atoms with van der Waals surface area (Å²) in [5.41, 5.74) is 0.701. The number of carboxylic acid groups (broad SMARTS) is 1. The molecule has 0 fully saturated rings. The maximum atomic E-state index is 10.8. The van der Waals surface area contributed by atoms with Gasteiger partial charge < -0.3 is 9.52 Å². The van der Waals surface area contributed by atoms with Gasteiger partial charge in [-0.15, -0.1) is 0 Å². The highest BCUT2D eigenvalue weighted by molar-refractivity contribution is 7.98. The first-order valence-electron chi connectivity index (χ1n) is 5.45. The second-order valence-corrected chi connectivity index (χ2v) is 5.09. The van der Waals surface area contributed by atoms with Crippen LogP contribution in [0.5, 0.6) is 0 Å². The van der Waals surface area contributed by atoms with Gasteiger partial charge in [-0.2, -0.15) is 11.8 Å². The molecule has 0 saturated carbocycles. The molecule has 0 aliphatic heterocycles. The van der Waals surface area contributed by atoms with Gasteiger partial charge >= 0.3 is 5.97 Å². The van der Waals surface area contributed by atoms with Crippen molar-refractivity contribution in [3.63, 3.8) is 0 Å². The quantitative estimate of drug-likeness (QED) is 0.828. The zero-order valence-corrected chi connectivity index (χ0v) is 10.8. The summed E-state index contributed by atoms with van der Waals surface area (Å²) < 4.78 is 5.27. The summed E-state index contributed by atoms with van der Waals surface area (Å²) in [6.45, 7) is 6.14. The van der Waals surface area contributed by atoms with Crippen LogP contribution in [0, 0.1) is 12.8 Å². The van der Waals surface area contributed by atoms with Crippen LogP contribution in [0.15, 0.2) is 10.5 Å². The maximum absolute atomic E-state index is 10.8. The number of hydrogen-bond acceptors (Lipinski definition) is 3. The van der Waals surface area contributed by atoms with Crippen LogP contribution < -0.4 is 0 Å². The van der Waals surface area contributed by atoms with Crippen LogP contribution in [0.25, 0.3) is 0 Å². The Bertz CT molecular complexity index is 357. The highest BCUT2D eigenvalue weighted by atomic mass is 32.2. The summed E-state index contributed by atoms with van der Waals surface area (Å²) in [6, 6.07) is 1.81. The van der Waals surface area contributed by atoms with Crippen molar-refractivity contribution in [2.24, 2.45) is 5.92 Å². The molecule has 0 spiro atoms. The van der Waals surface area contributed by atoms with Gasteiger partial charge in [0.05, 0.1) is 5.75 Å². The van der Waals surface area contributed by atoms with E-state index in [1.165, 1.54) is 6.42 Å². The van der Waals surface area contributed by atoms with Crippen LogP contribution in [0.2, 0.25) is 0 Å². The number of carbonyl (C=O) groups is 1. The van der Waals surface area contributed by atoms with Gasteiger partial charge in [0.25, 0.3) is 0 Å². The fourth-order valence-electron chi connectivity index (χ4n) is 1.31. The molecule has 1 heterocycles. The molecule has 16 heavy (non-hydrogen) atoms. The molecule has 1 aromatic heterocycles. The molecule has 1 N–H and O–H groups in total. The van der Waals surface area contributed by atoms with Gasteiger partial charge in [-0.3, -0.25) is 0 Å². The normalized spacial score (nSPS) is 12.7. The Hall–Kier alpha value is -0.900. The van der Waals surface area contributed by atoms with E-state index in [9.17, 15) is 4.79 Å². The summed E-state index contributed by atoms with van der Waals surface area (Å²) in [5.74, 6) is 2.36. The molecular weight excluding hydrogens is 224 g/mol. The molecule has 0 radical (unpaired) electrons. The van der Waals surface area contributed by atoms with Crippen LogP contribution in [0.3, 0.4) is 0 Å². The Morgan fingerprint density at radius 1 is 1.62 bits per heavy atom. The van der Waals surface area contributed by atoms with Crippen molar-refractivity contribution in [1.82, 2.24) is 0 Å². The van der Waals surface area contributed by atoms with Gasteiger partial charge in [-0.25, -0.2) is 4.79 Å². The molecule has 4 heteroatoms. The molecule has 0 aliphatic carbocycles. The van der Waals surface area contributed by atoms with Gasteiger partial charge in [0, 0.05) is 5.56 Å². The van der Waals surface area contributed by atoms with Crippen LogP contribution in [0.1, 0.15) is 42.1 Å². The topological polar surface area (TPSA) is 50.4 Å². The summed E-state index contributed by atoms with van der Waals surface area (Å²) in [6.07, 6.45) is 1.17. The van der Waals surface area contributed by atoms with Crippen molar-refractivity contribution in [3.8, 4) is 0 Å². The lowest BCUT2D eigenvalue weighted by Crippen LogP contribution is -1.96. The van der Waals surface area contributed by atoms with Crippen LogP contribution in [-0.2, 0) is 5.75 Å². The molecule has 90 valence electrons. The molecular formula is C12H18O3S. The van der Waals surface area contributed by atoms with E-state index in [1.54, 1.807) is 18.7 Å². The lowest BCUT2D eigenvalue weighted by molar-refractivity contribution is 0.0659. The number of hydrogen-bond donors (Lipinski definition) is 1. The number of carboxylic acids is 1. The first-order valence-corrected chi connectivity index (χ1v) is 6.60. The number of aromatic carboxylic acids is 1. The van der Waals surface area contributed by atoms with Crippen molar-refractivity contribution >= 4 is 17.7 Å². The third-order valence-corrected chi connectivity index (χ3v) is 3.80. The molecule has 1 atom stereocenters. The van der Waals surface area contributed by atoms with Crippen molar-refractivity contribution in [1.29, 1.82) is 0 Å². The largest absolute Gasteiger partial charge is 0.475 e. The standard InChI is InChI=1S/C12H18O3S/c1-4-8(2)6-16-7-10-5-9(3)11(15-10)12(13)14/h5,8H,4,6-7H2,1-3H3,(H,13,14). The van der Waals surface area contributed by atoms with Gasteiger partial charge in [-0.1, -0.05) is 20.3 Å². The Labute approximate surface area is 100 Å². The zero-order valence-electron chi connectivity index (χ0n) is 9.95. The van der Waals surface area contributed by atoms with Gasteiger partial charge in [0.2, 0.25) is 5.76 Å². The van der Waals surface area contributed by atoms with E-state index >= 15 is 0 Å². The van der Waals surface area contributed by atoms with Crippen LogP contribution >= 0.6 is 11.8 Å². The van der Waals surface area contributed by atoms with Crippen molar-refractivity contribution in [2.45, 2.75) is 32.9 Å². The third kappa shape index (κ3) is 3.59. The second kappa shape index (κ2) is 5.99. The Balaban J connectivity index is 2.49. The highest BCUT2D eigenvalue weighted by Gasteiger charge is 2.14. The molecule has 0 bridgehead atoms. The SMILES string of the molecule is CCC(C)CSCc1cc(C)c(C(=O)O)o1. The van der Waals surface area contributed by atoms with E-state index < -0.39 is 5.97 Å². The molecule has 3 nitrogen and oxygen atoms in total. The smallest absolute Gasteiger partial charge is 0.372 e. The van der Waals surface area contributed by atoms with Crippen molar-refractivity contribution < 1.29 is 14.3 Å². The number of furan rings is 1. The zero-order chi connectivity index (χ0) is 12.1. The van der Waals surface area contributed by atoms with Gasteiger partial charge in [0.1, 0.15) is 5.76 Å². The van der Waals surface area contributed by atoms with E-state index in [-0.39, 0.29) is 5.76 Å². The Morgan fingerprint density at radius 2 is 2.31 bits per heavy atom. The minimum Gasteiger partial charge on any atom is -0.475 e. The molecule has 1 aromatic rings. The number of thioether (sulfide) groups is 1. The molecule has 0 saturated heterocycles. The Morgan fingerprint density at radius 3 is 2.81 bits per heavy atom. The first kappa shape index (κ1) is 13.2. The molecule has 0 amide bonds.